The summed E-state index contributed by atoms with van der Waals surface area (Å²) in [5.41, 5.74) is 4.78. The maximum Gasteiger partial charge on any atom is 0.231 e. The van der Waals surface area contributed by atoms with Gasteiger partial charge in [0.05, 0.1) is 12.1 Å². The minimum atomic E-state index is 0.232. The summed E-state index contributed by atoms with van der Waals surface area (Å²) in [6, 6.07) is 1.91. The van der Waals surface area contributed by atoms with Crippen molar-refractivity contribution in [2.45, 2.75) is 13.5 Å². The van der Waals surface area contributed by atoms with Crippen LogP contribution in [0, 0.1) is 6.92 Å². The van der Waals surface area contributed by atoms with Gasteiger partial charge in [-0.2, -0.15) is 5.48 Å². The first-order chi connectivity index (χ1) is 7.24. The van der Waals surface area contributed by atoms with E-state index < -0.39 is 0 Å². The third-order valence-electron chi connectivity index (χ3n) is 2.36. The van der Waals surface area contributed by atoms with E-state index >= 15 is 0 Å². The summed E-state index contributed by atoms with van der Waals surface area (Å²) in [5, 5.41) is 0.609. The van der Waals surface area contributed by atoms with Crippen molar-refractivity contribution in [1.82, 2.24) is 5.48 Å². The minimum Gasteiger partial charge on any atom is -0.454 e. The molecule has 0 unspecified atom stereocenters. The van der Waals surface area contributed by atoms with Gasteiger partial charge in [0.1, 0.15) is 0 Å². The molecule has 1 aromatic rings. The van der Waals surface area contributed by atoms with Crippen molar-refractivity contribution < 1.29 is 14.3 Å². The van der Waals surface area contributed by atoms with Crippen LogP contribution < -0.4 is 15.0 Å². The number of halogens is 1. The van der Waals surface area contributed by atoms with Gasteiger partial charge in [0.2, 0.25) is 6.79 Å². The average Bonchev–Trinajstić information content (AvgIpc) is 2.69. The molecular formula is C10H12ClNO3. The van der Waals surface area contributed by atoms with E-state index in [4.69, 9.17) is 25.9 Å². The van der Waals surface area contributed by atoms with Crippen LogP contribution in [0.2, 0.25) is 5.02 Å². The summed E-state index contributed by atoms with van der Waals surface area (Å²) in [5.74, 6) is 1.33. The highest BCUT2D eigenvalue weighted by atomic mass is 35.5. The number of hydrogen-bond donors (Lipinski definition) is 1. The molecule has 0 aliphatic carbocycles. The van der Waals surface area contributed by atoms with Gasteiger partial charge in [-0.05, 0) is 24.1 Å². The predicted octanol–water partition coefficient (Wildman–Crippen LogP) is 2.03. The highest BCUT2D eigenvalue weighted by Gasteiger charge is 2.20. The summed E-state index contributed by atoms with van der Waals surface area (Å²) < 4.78 is 10.5. The Labute approximate surface area is 93.0 Å². The lowest BCUT2D eigenvalue weighted by Crippen LogP contribution is -2.11. The van der Waals surface area contributed by atoms with Crippen LogP contribution in [0.4, 0.5) is 0 Å². The van der Waals surface area contributed by atoms with E-state index in [0.717, 1.165) is 11.1 Å². The molecule has 0 fully saturated rings. The third kappa shape index (κ3) is 1.88. The van der Waals surface area contributed by atoms with E-state index in [0.29, 0.717) is 23.1 Å². The zero-order valence-electron chi connectivity index (χ0n) is 8.59. The van der Waals surface area contributed by atoms with E-state index in [9.17, 15) is 0 Å². The number of rotatable bonds is 3. The van der Waals surface area contributed by atoms with E-state index in [2.05, 4.69) is 5.48 Å². The smallest absolute Gasteiger partial charge is 0.231 e. The largest absolute Gasteiger partial charge is 0.454 e. The van der Waals surface area contributed by atoms with Gasteiger partial charge in [-0.1, -0.05) is 11.6 Å². The van der Waals surface area contributed by atoms with Crippen molar-refractivity contribution in [3.63, 3.8) is 0 Å². The van der Waals surface area contributed by atoms with Crippen molar-refractivity contribution in [1.29, 1.82) is 0 Å². The van der Waals surface area contributed by atoms with Crippen molar-refractivity contribution in [2.75, 3.05) is 13.9 Å². The molecule has 0 amide bonds. The molecule has 4 nitrogen and oxygen atoms in total. The summed E-state index contributed by atoms with van der Waals surface area (Å²) >= 11 is 6.15. The summed E-state index contributed by atoms with van der Waals surface area (Å²) in [7, 11) is 1.57. The number of hydroxylamine groups is 1. The molecule has 1 aromatic carbocycles. The number of fused-ring (bicyclic) bond motifs is 1. The molecule has 82 valence electrons. The fourth-order valence-electron chi connectivity index (χ4n) is 1.48. The van der Waals surface area contributed by atoms with Gasteiger partial charge < -0.3 is 14.3 Å². The molecule has 1 aliphatic rings. The van der Waals surface area contributed by atoms with Gasteiger partial charge in [0.15, 0.2) is 11.5 Å². The van der Waals surface area contributed by atoms with Crippen LogP contribution in [-0.2, 0) is 11.4 Å². The lowest BCUT2D eigenvalue weighted by atomic mass is 10.1. The van der Waals surface area contributed by atoms with Gasteiger partial charge in [0, 0.05) is 6.54 Å². The van der Waals surface area contributed by atoms with Crippen LogP contribution in [0.25, 0.3) is 0 Å². The predicted molar refractivity (Wildman–Crippen MR) is 56.2 cm³/mol. The maximum atomic E-state index is 6.15. The number of benzene rings is 1. The molecule has 0 aromatic heterocycles. The second-order valence-corrected chi connectivity index (χ2v) is 3.61. The summed E-state index contributed by atoms with van der Waals surface area (Å²) in [4.78, 5) is 4.79. The van der Waals surface area contributed by atoms with E-state index in [-0.39, 0.29) is 6.79 Å². The van der Waals surface area contributed by atoms with Crippen LogP contribution in [0.15, 0.2) is 6.07 Å². The molecule has 1 heterocycles. The quantitative estimate of drug-likeness (QED) is 0.806. The molecule has 5 heteroatoms. The molecule has 0 atom stereocenters. The van der Waals surface area contributed by atoms with E-state index in [1.807, 2.05) is 13.0 Å². The van der Waals surface area contributed by atoms with E-state index in [1.165, 1.54) is 0 Å². The Hall–Kier alpha value is -0.970. The molecule has 1 aliphatic heterocycles. The maximum absolute atomic E-state index is 6.15. The Balaban J connectivity index is 2.36. The van der Waals surface area contributed by atoms with Gasteiger partial charge in [-0.3, -0.25) is 0 Å². The van der Waals surface area contributed by atoms with Crippen molar-refractivity contribution in [3.05, 3.63) is 22.2 Å². The Morgan fingerprint density at radius 3 is 3.07 bits per heavy atom. The van der Waals surface area contributed by atoms with Crippen LogP contribution in [0.5, 0.6) is 11.5 Å². The fraction of sp³-hybridized carbons (Fsp3) is 0.400. The first-order valence-electron chi connectivity index (χ1n) is 4.57. The lowest BCUT2D eigenvalue weighted by molar-refractivity contribution is 0.0865. The molecule has 2 rings (SSSR count). The molecule has 0 saturated carbocycles. The molecule has 15 heavy (non-hydrogen) atoms. The third-order valence-corrected chi connectivity index (χ3v) is 2.82. The van der Waals surface area contributed by atoms with Gasteiger partial charge >= 0.3 is 0 Å². The van der Waals surface area contributed by atoms with Gasteiger partial charge in [0.25, 0.3) is 0 Å². The van der Waals surface area contributed by atoms with Gasteiger partial charge in [-0.15, -0.1) is 0 Å². The lowest BCUT2D eigenvalue weighted by Gasteiger charge is -2.10. The standard InChI is InChI=1S/C10H12ClNO3/c1-6-7(4-12-13-2)3-8-10(9(6)11)15-5-14-8/h3,12H,4-5H2,1-2H3. The number of hydrogen-bond acceptors (Lipinski definition) is 4. The highest BCUT2D eigenvalue weighted by Crippen LogP contribution is 2.42. The van der Waals surface area contributed by atoms with E-state index in [1.54, 1.807) is 7.11 Å². The molecule has 0 saturated heterocycles. The zero-order chi connectivity index (χ0) is 10.8. The molecule has 0 spiro atoms. The van der Waals surface area contributed by atoms with Crippen LogP contribution in [0.1, 0.15) is 11.1 Å². The number of nitrogens with one attached hydrogen (secondary N) is 1. The Morgan fingerprint density at radius 1 is 1.53 bits per heavy atom. The van der Waals surface area contributed by atoms with Crippen LogP contribution >= 0.6 is 11.6 Å². The molecule has 1 N–H and O–H groups in total. The average molecular weight is 230 g/mol. The van der Waals surface area contributed by atoms with Gasteiger partial charge in [-0.25, -0.2) is 0 Å². The second-order valence-electron chi connectivity index (χ2n) is 3.23. The normalized spacial score (nSPS) is 13.3. The molecular weight excluding hydrogens is 218 g/mol. The summed E-state index contributed by atoms with van der Waals surface area (Å²) in [6.07, 6.45) is 0. The number of ether oxygens (including phenoxy) is 2. The Bertz CT molecular complexity index is 381. The molecule has 0 bridgehead atoms. The van der Waals surface area contributed by atoms with Crippen LogP contribution in [0.3, 0.4) is 0 Å². The Morgan fingerprint density at radius 2 is 2.33 bits per heavy atom. The van der Waals surface area contributed by atoms with Crippen molar-refractivity contribution in [2.24, 2.45) is 0 Å². The SMILES string of the molecule is CONCc1cc2c(c(Cl)c1C)OCO2. The minimum absolute atomic E-state index is 0.232. The zero-order valence-corrected chi connectivity index (χ0v) is 9.35. The topological polar surface area (TPSA) is 39.7 Å². The highest BCUT2D eigenvalue weighted by molar-refractivity contribution is 6.33. The summed E-state index contributed by atoms with van der Waals surface area (Å²) in [6.45, 7) is 2.76. The second kappa shape index (κ2) is 4.26. The Kier molecular flexibility index (Phi) is 3.00. The molecule has 0 radical (unpaired) electrons. The van der Waals surface area contributed by atoms with Crippen LogP contribution in [-0.4, -0.2) is 13.9 Å². The first-order valence-corrected chi connectivity index (χ1v) is 4.95. The van der Waals surface area contributed by atoms with Crippen molar-refractivity contribution in [3.8, 4) is 11.5 Å². The monoisotopic (exact) mass is 229 g/mol. The van der Waals surface area contributed by atoms with Crippen molar-refractivity contribution >= 4 is 11.6 Å². The fourth-order valence-corrected chi connectivity index (χ4v) is 1.75. The first kappa shape index (κ1) is 10.5.